The normalized spacial score (nSPS) is 17.7. The van der Waals surface area contributed by atoms with Crippen molar-refractivity contribution in [1.29, 1.82) is 0 Å². The van der Waals surface area contributed by atoms with Crippen LogP contribution in [0.3, 0.4) is 0 Å². The Morgan fingerprint density at radius 2 is 1.83 bits per heavy atom. The first-order valence-corrected chi connectivity index (χ1v) is 6.74. The predicted molar refractivity (Wildman–Crippen MR) is 73.2 cm³/mol. The van der Waals surface area contributed by atoms with Crippen LogP contribution in [-0.4, -0.2) is 11.1 Å². The van der Waals surface area contributed by atoms with Crippen LogP contribution in [0, 0.1) is 5.92 Å². The number of benzene rings is 1. The standard InChI is InChI=1S/C16H20O2/c17-16(18)15(11-13-7-3-1-4-8-13)12-14-9-5-2-6-10-14/h1,3-4,7-8,11,14H,2,5-6,9-10,12H2,(H,17,18). The van der Waals surface area contributed by atoms with Crippen LogP contribution in [0.4, 0.5) is 0 Å². The maximum absolute atomic E-state index is 11.3. The molecule has 2 nitrogen and oxygen atoms in total. The molecule has 96 valence electrons. The summed E-state index contributed by atoms with van der Waals surface area (Å²) >= 11 is 0. The molecule has 0 aromatic heterocycles. The van der Waals surface area contributed by atoms with E-state index in [4.69, 9.17) is 0 Å². The lowest BCUT2D eigenvalue weighted by Gasteiger charge is -2.21. The topological polar surface area (TPSA) is 37.3 Å². The van der Waals surface area contributed by atoms with Gasteiger partial charge in [-0.1, -0.05) is 62.4 Å². The lowest BCUT2D eigenvalue weighted by atomic mass is 9.84. The highest BCUT2D eigenvalue weighted by Gasteiger charge is 2.18. The van der Waals surface area contributed by atoms with E-state index in [1.807, 2.05) is 36.4 Å². The first-order chi connectivity index (χ1) is 8.75. The molecule has 1 aliphatic rings. The molecule has 2 heteroatoms. The van der Waals surface area contributed by atoms with Gasteiger partial charge in [-0.15, -0.1) is 0 Å². The fraction of sp³-hybridized carbons (Fsp3) is 0.438. The van der Waals surface area contributed by atoms with Gasteiger partial charge in [-0.25, -0.2) is 4.79 Å². The molecular formula is C16H20O2. The number of carbonyl (C=O) groups is 1. The molecule has 0 radical (unpaired) electrons. The zero-order valence-corrected chi connectivity index (χ0v) is 10.6. The van der Waals surface area contributed by atoms with Crippen molar-refractivity contribution >= 4 is 12.0 Å². The number of aliphatic carboxylic acids is 1. The second-order valence-corrected chi connectivity index (χ2v) is 5.09. The highest BCUT2D eigenvalue weighted by Crippen LogP contribution is 2.29. The molecule has 1 saturated carbocycles. The van der Waals surface area contributed by atoms with Crippen molar-refractivity contribution in [3.8, 4) is 0 Å². The van der Waals surface area contributed by atoms with Gasteiger partial charge in [0.15, 0.2) is 0 Å². The summed E-state index contributed by atoms with van der Waals surface area (Å²) in [5.74, 6) is -0.214. The van der Waals surface area contributed by atoms with E-state index in [-0.39, 0.29) is 0 Å². The predicted octanol–water partition coefficient (Wildman–Crippen LogP) is 4.13. The van der Waals surface area contributed by atoms with Crippen molar-refractivity contribution in [3.05, 3.63) is 41.5 Å². The first-order valence-electron chi connectivity index (χ1n) is 6.74. The Morgan fingerprint density at radius 3 is 2.44 bits per heavy atom. The van der Waals surface area contributed by atoms with Gasteiger partial charge >= 0.3 is 5.97 Å². The zero-order valence-electron chi connectivity index (χ0n) is 10.6. The maximum atomic E-state index is 11.3. The number of rotatable bonds is 4. The van der Waals surface area contributed by atoms with E-state index < -0.39 is 5.97 Å². The first kappa shape index (κ1) is 12.9. The van der Waals surface area contributed by atoms with Gasteiger partial charge in [0.2, 0.25) is 0 Å². The van der Waals surface area contributed by atoms with Gasteiger partial charge in [0, 0.05) is 5.57 Å². The van der Waals surface area contributed by atoms with E-state index in [0.29, 0.717) is 17.9 Å². The Morgan fingerprint density at radius 1 is 1.17 bits per heavy atom. The molecule has 1 aliphatic carbocycles. The SMILES string of the molecule is O=C(O)C(=Cc1ccccc1)CC1CCCCC1. The minimum absolute atomic E-state index is 0.549. The van der Waals surface area contributed by atoms with Crippen LogP contribution in [0.15, 0.2) is 35.9 Å². The molecule has 0 atom stereocenters. The zero-order chi connectivity index (χ0) is 12.8. The quantitative estimate of drug-likeness (QED) is 0.809. The van der Waals surface area contributed by atoms with Crippen molar-refractivity contribution in [2.45, 2.75) is 38.5 Å². The molecule has 0 amide bonds. The van der Waals surface area contributed by atoms with Crippen molar-refractivity contribution in [2.75, 3.05) is 0 Å². The van der Waals surface area contributed by atoms with E-state index in [9.17, 15) is 9.90 Å². The Labute approximate surface area is 108 Å². The Bertz CT molecular complexity index is 414. The Kier molecular flexibility index (Phi) is 4.57. The molecule has 1 N–H and O–H groups in total. The lowest BCUT2D eigenvalue weighted by Crippen LogP contribution is -2.11. The van der Waals surface area contributed by atoms with Crippen molar-refractivity contribution < 1.29 is 9.90 Å². The summed E-state index contributed by atoms with van der Waals surface area (Å²) in [6, 6.07) is 9.71. The van der Waals surface area contributed by atoms with Crippen LogP contribution in [0.5, 0.6) is 0 Å². The molecule has 18 heavy (non-hydrogen) atoms. The molecular weight excluding hydrogens is 224 g/mol. The minimum Gasteiger partial charge on any atom is -0.478 e. The second kappa shape index (κ2) is 6.39. The van der Waals surface area contributed by atoms with Crippen molar-refractivity contribution in [3.63, 3.8) is 0 Å². The van der Waals surface area contributed by atoms with E-state index >= 15 is 0 Å². The van der Waals surface area contributed by atoms with E-state index in [1.165, 1.54) is 32.1 Å². The minimum atomic E-state index is -0.774. The molecule has 0 spiro atoms. The molecule has 1 aromatic carbocycles. The fourth-order valence-corrected chi connectivity index (χ4v) is 2.66. The van der Waals surface area contributed by atoms with Crippen molar-refractivity contribution in [1.82, 2.24) is 0 Å². The highest BCUT2D eigenvalue weighted by molar-refractivity contribution is 5.92. The average Bonchev–Trinajstić information content (AvgIpc) is 2.40. The molecule has 0 unspecified atom stereocenters. The average molecular weight is 244 g/mol. The van der Waals surface area contributed by atoms with Gasteiger partial charge in [0.25, 0.3) is 0 Å². The van der Waals surface area contributed by atoms with Crippen LogP contribution in [-0.2, 0) is 4.79 Å². The van der Waals surface area contributed by atoms with Gasteiger partial charge in [0.1, 0.15) is 0 Å². The fourth-order valence-electron chi connectivity index (χ4n) is 2.66. The summed E-state index contributed by atoms with van der Waals surface area (Å²) < 4.78 is 0. The smallest absolute Gasteiger partial charge is 0.331 e. The lowest BCUT2D eigenvalue weighted by molar-refractivity contribution is -0.132. The summed E-state index contributed by atoms with van der Waals surface area (Å²) in [5, 5.41) is 9.30. The molecule has 2 rings (SSSR count). The van der Waals surface area contributed by atoms with E-state index in [0.717, 1.165) is 5.56 Å². The molecule has 0 aliphatic heterocycles. The van der Waals surface area contributed by atoms with Gasteiger partial charge in [-0.2, -0.15) is 0 Å². The number of carboxylic acid groups (broad SMARTS) is 1. The number of hydrogen-bond acceptors (Lipinski definition) is 1. The molecule has 0 heterocycles. The third-order valence-corrected chi connectivity index (χ3v) is 3.65. The monoisotopic (exact) mass is 244 g/mol. The maximum Gasteiger partial charge on any atom is 0.331 e. The summed E-state index contributed by atoms with van der Waals surface area (Å²) in [6.45, 7) is 0. The van der Waals surface area contributed by atoms with Gasteiger partial charge in [-0.3, -0.25) is 0 Å². The summed E-state index contributed by atoms with van der Waals surface area (Å²) in [5.41, 5.74) is 1.53. The molecule has 0 bridgehead atoms. The van der Waals surface area contributed by atoms with E-state index in [2.05, 4.69) is 0 Å². The van der Waals surface area contributed by atoms with Crippen LogP contribution >= 0.6 is 0 Å². The highest BCUT2D eigenvalue weighted by atomic mass is 16.4. The summed E-state index contributed by atoms with van der Waals surface area (Å²) in [4.78, 5) is 11.3. The molecule has 1 aromatic rings. The summed E-state index contributed by atoms with van der Waals surface area (Å²) in [6.07, 6.45) is 8.70. The van der Waals surface area contributed by atoms with Crippen molar-refractivity contribution in [2.24, 2.45) is 5.92 Å². The number of hydrogen-bond donors (Lipinski definition) is 1. The third kappa shape index (κ3) is 3.73. The van der Waals surface area contributed by atoms with Crippen LogP contribution in [0.25, 0.3) is 6.08 Å². The number of carboxylic acids is 1. The van der Waals surface area contributed by atoms with Crippen LogP contribution in [0.2, 0.25) is 0 Å². The van der Waals surface area contributed by atoms with Gasteiger partial charge < -0.3 is 5.11 Å². The molecule has 1 fully saturated rings. The van der Waals surface area contributed by atoms with Crippen LogP contribution < -0.4 is 0 Å². The van der Waals surface area contributed by atoms with E-state index in [1.54, 1.807) is 0 Å². The largest absolute Gasteiger partial charge is 0.478 e. The Balaban J connectivity index is 2.08. The Hall–Kier alpha value is -1.57. The second-order valence-electron chi connectivity index (χ2n) is 5.09. The summed E-state index contributed by atoms with van der Waals surface area (Å²) in [7, 11) is 0. The van der Waals surface area contributed by atoms with Gasteiger partial charge in [-0.05, 0) is 24.0 Å². The molecule has 0 saturated heterocycles. The van der Waals surface area contributed by atoms with Gasteiger partial charge in [0.05, 0.1) is 0 Å². The third-order valence-electron chi connectivity index (χ3n) is 3.65. The van der Waals surface area contributed by atoms with Crippen LogP contribution in [0.1, 0.15) is 44.1 Å².